The van der Waals surface area contributed by atoms with Crippen LogP contribution in [0.2, 0.25) is 5.02 Å². The van der Waals surface area contributed by atoms with E-state index < -0.39 is 0 Å². The van der Waals surface area contributed by atoms with Crippen molar-refractivity contribution in [3.63, 3.8) is 0 Å². The summed E-state index contributed by atoms with van der Waals surface area (Å²) in [6.45, 7) is 0. The van der Waals surface area contributed by atoms with Gasteiger partial charge in [-0.25, -0.2) is 0 Å². The maximum atomic E-state index is 5.98. The molecule has 1 aromatic carbocycles. The van der Waals surface area contributed by atoms with Gasteiger partial charge < -0.3 is 10.1 Å². The van der Waals surface area contributed by atoms with Crippen LogP contribution in [0.3, 0.4) is 0 Å². The first-order valence-corrected chi connectivity index (χ1v) is 5.15. The summed E-state index contributed by atoms with van der Waals surface area (Å²) < 4.78 is 5.31. The van der Waals surface area contributed by atoms with Crippen molar-refractivity contribution < 1.29 is 4.74 Å². The SMILES string of the molecule is CNC(c1cc(Cl)ccc1OC)N(C)C. The Hall–Kier alpha value is -0.770. The Morgan fingerprint density at radius 3 is 2.53 bits per heavy atom. The molecule has 0 fully saturated rings. The molecule has 3 nitrogen and oxygen atoms in total. The molecule has 0 amide bonds. The van der Waals surface area contributed by atoms with Crippen molar-refractivity contribution in [1.29, 1.82) is 0 Å². The number of ether oxygens (including phenoxy) is 1. The van der Waals surface area contributed by atoms with Gasteiger partial charge in [0.1, 0.15) is 5.75 Å². The summed E-state index contributed by atoms with van der Waals surface area (Å²) in [5.41, 5.74) is 1.04. The lowest BCUT2D eigenvalue weighted by molar-refractivity contribution is 0.256. The smallest absolute Gasteiger partial charge is 0.125 e. The molecule has 1 atom stereocenters. The molecule has 1 unspecified atom stereocenters. The number of halogens is 1. The van der Waals surface area contributed by atoms with Crippen molar-refractivity contribution in [1.82, 2.24) is 10.2 Å². The Morgan fingerprint density at radius 1 is 1.40 bits per heavy atom. The molecule has 1 rings (SSSR count). The van der Waals surface area contributed by atoms with Crippen molar-refractivity contribution in [2.75, 3.05) is 28.3 Å². The third kappa shape index (κ3) is 2.84. The molecule has 1 N–H and O–H groups in total. The topological polar surface area (TPSA) is 24.5 Å². The van der Waals surface area contributed by atoms with Gasteiger partial charge in [0.05, 0.1) is 13.3 Å². The van der Waals surface area contributed by atoms with Crippen LogP contribution in [0.4, 0.5) is 0 Å². The molecule has 0 aliphatic rings. The van der Waals surface area contributed by atoms with Crippen LogP contribution in [0.5, 0.6) is 5.75 Å². The highest BCUT2D eigenvalue weighted by atomic mass is 35.5. The number of benzene rings is 1. The molecule has 0 aliphatic carbocycles. The predicted molar refractivity (Wildman–Crippen MR) is 63.5 cm³/mol. The van der Waals surface area contributed by atoms with Gasteiger partial charge in [-0.3, -0.25) is 4.90 Å². The highest BCUT2D eigenvalue weighted by Gasteiger charge is 2.16. The zero-order valence-corrected chi connectivity index (χ0v) is 10.3. The first kappa shape index (κ1) is 12.3. The largest absolute Gasteiger partial charge is 0.496 e. The Labute approximate surface area is 96.0 Å². The van der Waals surface area contributed by atoms with Crippen LogP contribution in [0.15, 0.2) is 18.2 Å². The van der Waals surface area contributed by atoms with Gasteiger partial charge in [-0.15, -0.1) is 0 Å². The molecular formula is C11H17ClN2O. The number of hydrogen-bond donors (Lipinski definition) is 1. The quantitative estimate of drug-likeness (QED) is 0.800. The fraction of sp³-hybridized carbons (Fsp3) is 0.455. The summed E-state index contributed by atoms with van der Waals surface area (Å²) in [7, 11) is 7.57. The van der Waals surface area contributed by atoms with E-state index in [2.05, 4.69) is 10.2 Å². The summed E-state index contributed by atoms with van der Waals surface area (Å²) in [5, 5.41) is 3.92. The molecule has 0 heterocycles. The Bertz CT molecular complexity index is 328. The van der Waals surface area contributed by atoms with Crippen molar-refractivity contribution in [2.45, 2.75) is 6.17 Å². The van der Waals surface area contributed by atoms with Crippen molar-refractivity contribution in [3.05, 3.63) is 28.8 Å². The van der Waals surface area contributed by atoms with Gasteiger partial charge in [-0.2, -0.15) is 0 Å². The maximum absolute atomic E-state index is 5.98. The van der Waals surface area contributed by atoms with E-state index >= 15 is 0 Å². The lowest BCUT2D eigenvalue weighted by atomic mass is 10.1. The molecule has 4 heteroatoms. The summed E-state index contributed by atoms with van der Waals surface area (Å²) in [6.07, 6.45) is 0.0960. The average molecular weight is 229 g/mol. The summed E-state index contributed by atoms with van der Waals surface area (Å²) in [4.78, 5) is 2.06. The number of hydrogen-bond acceptors (Lipinski definition) is 3. The van der Waals surface area contributed by atoms with Crippen LogP contribution >= 0.6 is 11.6 Å². The molecular weight excluding hydrogens is 212 g/mol. The van der Waals surface area contributed by atoms with E-state index in [1.165, 1.54) is 0 Å². The van der Waals surface area contributed by atoms with Gasteiger partial charge in [0.15, 0.2) is 0 Å². The van der Waals surface area contributed by atoms with Gasteiger partial charge in [-0.1, -0.05) is 11.6 Å². The highest BCUT2D eigenvalue weighted by molar-refractivity contribution is 6.30. The highest BCUT2D eigenvalue weighted by Crippen LogP contribution is 2.28. The Morgan fingerprint density at radius 2 is 2.07 bits per heavy atom. The molecule has 0 spiro atoms. The first-order valence-electron chi connectivity index (χ1n) is 4.77. The zero-order chi connectivity index (χ0) is 11.4. The minimum absolute atomic E-state index is 0.0960. The first-order chi connectivity index (χ1) is 7.10. The van der Waals surface area contributed by atoms with Crippen LogP contribution in [0, 0.1) is 0 Å². The molecule has 0 aromatic heterocycles. The van der Waals surface area contributed by atoms with Crippen LogP contribution in [0.25, 0.3) is 0 Å². The van der Waals surface area contributed by atoms with Gasteiger partial charge in [0.25, 0.3) is 0 Å². The van der Waals surface area contributed by atoms with E-state index in [-0.39, 0.29) is 6.17 Å². The molecule has 84 valence electrons. The number of nitrogens with one attached hydrogen (secondary N) is 1. The Balaban J connectivity index is 3.13. The van der Waals surface area contributed by atoms with Crippen molar-refractivity contribution in [2.24, 2.45) is 0 Å². The normalized spacial score (nSPS) is 12.9. The van der Waals surface area contributed by atoms with Crippen LogP contribution < -0.4 is 10.1 Å². The van der Waals surface area contributed by atoms with E-state index in [0.717, 1.165) is 11.3 Å². The second-order valence-corrected chi connectivity index (χ2v) is 3.98. The van der Waals surface area contributed by atoms with Crippen LogP contribution in [-0.4, -0.2) is 33.2 Å². The second-order valence-electron chi connectivity index (χ2n) is 3.54. The fourth-order valence-corrected chi connectivity index (χ4v) is 1.79. The van der Waals surface area contributed by atoms with Gasteiger partial charge in [-0.05, 0) is 39.3 Å². The van der Waals surface area contributed by atoms with E-state index in [4.69, 9.17) is 16.3 Å². The molecule has 0 aliphatic heterocycles. The van der Waals surface area contributed by atoms with Crippen LogP contribution in [0.1, 0.15) is 11.7 Å². The van der Waals surface area contributed by atoms with Crippen molar-refractivity contribution >= 4 is 11.6 Å². The van der Waals surface area contributed by atoms with Gasteiger partial charge in [0, 0.05) is 10.6 Å². The molecule has 0 bridgehead atoms. The molecule has 1 aromatic rings. The molecule has 0 saturated carbocycles. The van der Waals surface area contributed by atoms with Crippen molar-refractivity contribution in [3.8, 4) is 5.75 Å². The second kappa shape index (κ2) is 5.35. The number of methoxy groups -OCH3 is 1. The lowest BCUT2D eigenvalue weighted by Crippen LogP contribution is -2.31. The number of rotatable bonds is 4. The molecule has 0 saturated heterocycles. The van der Waals surface area contributed by atoms with Gasteiger partial charge >= 0.3 is 0 Å². The third-order valence-corrected chi connectivity index (χ3v) is 2.51. The van der Waals surface area contributed by atoms with E-state index in [0.29, 0.717) is 5.02 Å². The van der Waals surface area contributed by atoms with Crippen LogP contribution in [-0.2, 0) is 0 Å². The minimum atomic E-state index is 0.0960. The maximum Gasteiger partial charge on any atom is 0.125 e. The van der Waals surface area contributed by atoms with E-state index in [1.54, 1.807) is 7.11 Å². The Kier molecular flexibility index (Phi) is 4.39. The van der Waals surface area contributed by atoms with E-state index in [1.807, 2.05) is 39.3 Å². The molecule has 0 radical (unpaired) electrons. The minimum Gasteiger partial charge on any atom is -0.496 e. The lowest BCUT2D eigenvalue weighted by Gasteiger charge is -2.25. The zero-order valence-electron chi connectivity index (χ0n) is 9.54. The standard InChI is InChI=1S/C11H17ClN2O/c1-13-11(14(2)3)9-7-8(12)5-6-10(9)15-4/h5-7,11,13H,1-4H3. The third-order valence-electron chi connectivity index (χ3n) is 2.28. The monoisotopic (exact) mass is 228 g/mol. The number of nitrogens with zero attached hydrogens (tertiary/aromatic N) is 1. The molecule has 15 heavy (non-hydrogen) atoms. The average Bonchev–Trinajstić information content (AvgIpc) is 2.18. The van der Waals surface area contributed by atoms with Gasteiger partial charge in [0.2, 0.25) is 0 Å². The fourth-order valence-electron chi connectivity index (χ4n) is 1.61. The summed E-state index contributed by atoms with van der Waals surface area (Å²) >= 11 is 5.98. The summed E-state index contributed by atoms with van der Waals surface area (Å²) in [5.74, 6) is 0.840. The summed E-state index contributed by atoms with van der Waals surface area (Å²) in [6, 6.07) is 5.62. The predicted octanol–water partition coefficient (Wildman–Crippen LogP) is 2.13. The van der Waals surface area contributed by atoms with E-state index in [9.17, 15) is 0 Å².